The van der Waals surface area contributed by atoms with Crippen molar-refractivity contribution in [3.8, 4) is 0 Å². The van der Waals surface area contributed by atoms with Crippen molar-refractivity contribution in [1.29, 1.82) is 0 Å². The minimum absolute atomic E-state index is 0.198. The maximum absolute atomic E-state index is 6.05. The highest BCUT2D eigenvalue weighted by Gasteiger charge is 2.36. The summed E-state index contributed by atoms with van der Waals surface area (Å²) >= 11 is 0. The average Bonchev–Trinajstić information content (AvgIpc) is 2.33. The quantitative estimate of drug-likeness (QED) is 0.631. The summed E-state index contributed by atoms with van der Waals surface area (Å²) in [7, 11) is 0. The van der Waals surface area contributed by atoms with E-state index in [0.29, 0.717) is 12.0 Å². The zero-order chi connectivity index (χ0) is 9.19. The fraction of sp³-hybridized carbons (Fsp3) is 1.00. The van der Waals surface area contributed by atoms with E-state index >= 15 is 0 Å². The van der Waals surface area contributed by atoms with Crippen LogP contribution in [0.2, 0.25) is 0 Å². The lowest BCUT2D eigenvalue weighted by molar-refractivity contribution is -0.0507. The van der Waals surface area contributed by atoms with Crippen LogP contribution in [0.3, 0.4) is 0 Å². The van der Waals surface area contributed by atoms with Crippen LogP contribution in [0.15, 0.2) is 0 Å². The topological polar surface area (TPSA) is 9.23 Å². The monoisotopic (exact) mass is 170 g/mol. The summed E-state index contributed by atoms with van der Waals surface area (Å²) < 4.78 is 6.05. The first-order chi connectivity index (χ1) is 5.57. The number of hydrogen-bond acceptors (Lipinski definition) is 1. The predicted octanol–water partition coefficient (Wildman–Crippen LogP) is 3.38. The van der Waals surface area contributed by atoms with Crippen molar-refractivity contribution in [1.82, 2.24) is 0 Å². The van der Waals surface area contributed by atoms with Gasteiger partial charge in [0.1, 0.15) is 0 Å². The van der Waals surface area contributed by atoms with E-state index < -0.39 is 0 Å². The van der Waals surface area contributed by atoms with E-state index in [-0.39, 0.29) is 5.60 Å². The molecule has 1 heteroatoms. The molecular weight excluding hydrogens is 148 g/mol. The van der Waals surface area contributed by atoms with Gasteiger partial charge in [0.2, 0.25) is 0 Å². The molecule has 0 unspecified atom stereocenters. The summed E-state index contributed by atoms with van der Waals surface area (Å²) in [4.78, 5) is 0. The van der Waals surface area contributed by atoms with Crippen LogP contribution in [0.1, 0.15) is 53.4 Å². The summed E-state index contributed by atoms with van der Waals surface area (Å²) in [6.07, 6.45) is 5.48. The number of rotatable bonds is 3. The lowest BCUT2D eigenvalue weighted by Gasteiger charge is -2.25. The summed E-state index contributed by atoms with van der Waals surface area (Å²) in [5.74, 6) is 0.684. The molecule has 0 amide bonds. The average molecular weight is 170 g/mol. The van der Waals surface area contributed by atoms with Crippen molar-refractivity contribution in [2.24, 2.45) is 5.92 Å². The molecule has 72 valence electrons. The highest BCUT2D eigenvalue weighted by atomic mass is 16.5. The van der Waals surface area contributed by atoms with Gasteiger partial charge in [-0.2, -0.15) is 0 Å². The van der Waals surface area contributed by atoms with Gasteiger partial charge >= 0.3 is 0 Å². The van der Waals surface area contributed by atoms with Gasteiger partial charge in [-0.05, 0) is 32.1 Å². The minimum atomic E-state index is 0.198. The molecule has 0 aromatic heterocycles. The Balaban J connectivity index is 2.43. The molecule has 0 spiro atoms. The van der Waals surface area contributed by atoms with E-state index in [1.807, 2.05) is 0 Å². The molecule has 1 aliphatic rings. The fourth-order valence-corrected chi connectivity index (χ4v) is 2.11. The van der Waals surface area contributed by atoms with Crippen LogP contribution in [0.5, 0.6) is 0 Å². The van der Waals surface area contributed by atoms with Crippen LogP contribution in [0.25, 0.3) is 0 Å². The van der Waals surface area contributed by atoms with Gasteiger partial charge in [0.15, 0.2) is 0 Å². The molecule has 0 aromatic carbocycles. The van der Waals surface area contributed by atoms with E-state index in [1.54, 1.807) is 0 Å². The first-order valence-electron chi connectivity index (χ1n) is 5.25. The smallest absolute Gasteiger partial charge is 0.0659 e. The molecule has 1 fully saturated rings. The van der Waals surface area contributed by atoms with Crippen molar-refractivity contribution in [2.45, 2.75) is 65.1 Å². The molecule has 0 aliphatic carbocycles. The van der Waals surface area contributed by atoms with E-state index in [2.05, 4.69) is 27.7 Å². The standard InChI is InChI=1S/C11H22O/c1-5-7-11(4)8-6-10(12-11)9(2)3/h9-10H,5-8H2,1-4H3/t10-,11-/m0/s1. The van der Waals surface area contributed by atoms with Crippen LogP contribution in [-0.4, -0.2) is 11.7 Å². The van der Waals surface area contributed by atoms with E-state index in [9.17, 15) is 0 Å². The highest BCUT2D eigenvalue weighted by molar-refractivity contribution is 4.85. The Morgan fingerprint density at radius 3 is 2.58 bits per heavy atom. The summed E-state index contributed by atoms with van der Waals surface area (Å²) in [5, 5.41) is 0. The van der Waals surface area contributed by atoms with Gasteiger partial charge < -0.3 is 4.74 Å². The third-order valence-corrected chi connectivity index (χ3v) is 2.92. The molecule has 0 saturated carbocycles. The van der Waals surface area contributed by atoms with Crippen LogP contribution >= 0.6 is 0 Å². The van der Waals surface area contributed by atoms with Crippen molar-refractivity contribution >= 4 is 0 Å². The Labute approximate surface area is 76.5 Å². The minimum Gasteiger partial charge on any atom is -0.372 e. The maximum atomic E-state index is 6.05. The Hall–Kier alpha value is -0.0400. The third kappa shape index (κ3) is 2.22. The Bertz CT molecular complexity index is 142. The second kappa shape index (κ2) is 3.78. The maximum Gasteiger partial charge on any atom is 0.0659 e. The molecule has 2 atom stereocenters. The van der Waals surface area contributed by atoms with Crippen LogP contribution < -0.4 is 0 Å². The Morgan fingerprint density at radius 1 is 1.50 bits per heavy atom. The molecule has 0 aromatic rings. The third-order valence-electron chi connectivity index (χ3n) is 2.92. The highest BCUT2D eigenvalue weighted by Crippen LogP contribution is 2.36. The van der Waals surface area contributed by atoms with Gasteiger partial charge in [-0.25, -0.2) is 0 Å². The van der Waals surface area contributed by atoms with E-state index in [1.165, 1.54) is 25.7 Å². The van der Waals surface area contributed by atoms with Gasteiger partial charge in [0.05, 0.1) is 11.7 Å². The van der Waals surface area contributed by atoms with Crippen LogP contribution in [0.4, 0.5) is 0 Å². The molecule has 0 bridgehead atoms. The molecule has 0 N–H and O–H groups in total. The number of hydrogen-bond donors (Lipinski definition) is 0. The molecule has 1 saturated heterocycles. The Kier molecular flexibility index (Phi) is 3.16. The normalized spacial score (nSPS) is 36.2. The van der Waals surface area contributed by atoms with E-state index in [4.69, 9.17) is 4.74 Å². The fourth-order valence-electron chi connectivity index (χ4n) is 2.11. The second-order valence-corrected chi connectivity index (χ2v) is 4.64. The lowest BCUT2D eigenvalue weighted by atomic mass is 9.96. The molecule has 0 radical (unpaired) electrons. The summed E-state index contributed by atoms with van der Waals surface area (Å²) in [6.45, 7) is 9.00. The Morgan fingerprint density at radius 2 is 2.17 bits per heavy atom. The van der Waals surface area contributed by atoms with Crippen molar-refractivity contribution < 1.29 is 4.74 Å². The zero-order valence-electron chi connectivity index (χ0n) is 8.89. The summed E-state index contributed by atoms with van der Waals surface area (Å²) in [5.41, 5.74) is 0.198. The first kappa shape index (κ1) is 10.0. The molecule has 12 heavy (non-hydrogen) atoms. The molecule has 1 nitrogen and oxygen atoms in total. The molecule has 1 aliphatic heterocycles. The van der Waals surface area contributed by atoms with Gasteiger partial charge in [0, 0.05) is 0 Å². The zero-order valence-corrected chi connectivity index (χ0v) is 8.89. The number of ether oxygens (including phenoxy) is 1. The lowest BCUT2D eigenvalue weighted by Crippen LogP contribution is -2.26. The van der Waals surface area contributed by atoms with Crippen LogP contribution in [0, 0.1) is 5.92 Å². The first-order valence-corrected chi connectivity index (χ1v) is 5.25. The second-order valence-electron chi connectivity index (χ2n) is 4.64. The van der Waals surface area contributed by atoms with E-state index in [0.717, 1.165) is 0 Å². The predicted molar refractivity (Wildman–Crippen MR) is 52.3 cm³/mol. The van der Waals surface area contributed by atoms with Crippen molar-refractivity contribution in [3.05, 3.63) is 0 Å². The van der Waals surface area contributed by atoms with Crippen LogP contribution in [-0.2, 0) is 4.74 Å². The van der Waals surface area contributed by atoms with Gasteiger partial charge in [-0.3, -0.25) is 0 Å². The molecule has 1 rings (SSSR count). The van der Waals surface area contributed by atoms with Gasteiger partial charge in [0.25, 0.3) is 0 Å². The molecular formula is C11H22O. The SMILES string of the molecule is CCC[C@@]1(C)CC[C@@H](C(C)C)O1. The largest absolute Gasteiger partial charge is 0.372 e. The molecule has 1 heterocycles. The van der Waals surface area contributed by atoms with Gasteiger partial charge in [-0.1, -0.05) is 27.2 Å². The summed E-state index contributed by atoms with van der Waals surface area (Å²) in [6, 6.07) is 0. The van der Waals surface area contributed by atoms with Crippen molar-refractivity contribution in [2.75, 3.05) is 0 Å². The van der Waals surface area contributed by atoms with Crippen molar-refractivity contribution in [3.63, 3.8) is 0 Å². The van der Waals surface area contributed by atoms with Gasteiger partial charge in [-0.15, -0.1) is 0 Å².